The predicted molar refractivity (Wildman–Crippen MR) is 83.0 cm³/mol. The molecular formula is C17H32N2O. The number of nitrogens with one attached hydrogen (secondary N) is 1. The first-order valence-electron chi connectivity index (χ1n) is 8.82. The molecule has 0 aromatic carbocycles. The molecule has 0 aromatic rings. The molecule has 2 aliphatic heterocycles. The van der Waals surface area contributed by atoms with Crippen LogP contribution in [-0.2, 0) is 4.74 Å². The van der Waals surface area contributed by atoms with Gasteiger partial charge in [-0.25, -0.2) is 0 Å². The zero-order chi connectivity index (χ0) is 14.0. The van der Waals surface area contributed by atoms with Gasteiger partial charge in [0.25, 0.3) is 0 Å². The van der Waals surface area contributed by atoms with Crippen LogP contribution in [0.3, 0.4) is 0 Å². The van der Waals surface area contributed by atoms with Gasteiger partial charge in [-0.2, -0.15) is 0 Å². The molecule has 0 bridgehead atoms. The van der Waals surface area contributed by atoms with Crippen molar-refractivity contribution >= 4 is 0 Å². The number of rotatable bonds is 4. The summed E-state index contributed by atoms with van der Waals surface area (Å²) in [4.78, 5) is 2.67. The Hall–Kier alpha value is -0.120. The fourth-order valence-electron chi connectivity index (χ4n) is 4.77. The molecule has 0 amide bonds. The molecule has 116 valence electrons. The van der Waals surface area contributed by atoms with Gasteiger partial charge in [-0.1, -0.05) is 26.2 Å². The maximum absolute atomic E-state index is 6.48. The van der Waals surface area contributed by atoms with Crippen molar-refractivity contribution in [3.63, 3.8) is 0 Å². The highest BCUT2D eigenvalue weighted by molar-refractivity contribution is 4.94. The molecule has 3 atom stereocenters. The van der Waals surface area contributed by atoms with E-state index in [4.69, 9.17) is 4.74 Å². The van der Waals surface area contributed by atoms with Crippen molar-refractivity contribution in [2.24, 2.45) is 5.92 Å². The summed E-state index contributed by atoms with van der Waals surface area (Å²) in [5.41, 5.74) is 0.304. The summed E-state index contributed by atoms with van der Waals surface area (Å²) in [6.45, 7) is 6.01. The molecule has 0 radical (unpaired) electrons. The molecule has 2 heterocycles. The Bertz CT molecular complexity index is 314. The van der Waals surface area contributed by atoms with Crippen LogP contribution in [0.4, 0.5) is 0 Å². The fraction of sp³-hybridized carbons (Fsp3) is 1.00. The zero-order valence-corrected chi connectivity index (χ0v) is 13.4. The van der Waals surface area contributed by atoms with E-state index >= 15 is 0 Å². The van der Waals surface area contributed by atoms with E-state index in [2.05, 4.69) is 24.2 Å². The van der Waals surface area contributed by atoms with Gasteiger partial charge in [0.15, 0.2) is 0 Å². The third-order valence-electron chi connectivity index (χ3n) is 6.03. The molecule has 3 aliphatic rings. The molecule has 3 fully saturated rings. The summed E-state index contributed by atoms with van der Waals surface area (Å²) in [7, 11) is 2.12. The van der Waals surface area contributed by atoms with Crippen molar-refractivity contribution in [1.29, 1.82) is 0 Å². The Kier molecular flexibility index (Phi) is 4.68. The van der Waals surface area contributed by atoms with Crippen LogP contribution in [0, 0.1) is 5.92 Å². The summed E-state index contributed by atoms with van der Waals surface area (Å²) in [5, 5.41) is 3.50. The van der Waals surface area contributed by atoms with E-state index in [1.54, 1.807) is 0 Å². The molecule has 3 rings (SSSR count). The molecule has 3 unspecified atom stereocenters. The van der Waals surface area contributed by atoms with E-state index in [9.17, 15) is 0 Å². The molecule has 1 N–H and O–H groups in total. The average molecular weight is 280 g/mol. The van der Waals surface area contributed by atoms with E-state index in [-0.39, 0.29) is 0 Å². The lowest BCUT2D eigenvalue weighted by Crippen LogP contribution is -2.50. The van der Waals surface area contributed by atoms with Crippen LogP contribution in [-0.4, -0.2) is 49.3 Å². The fourth-order valence-corrected chi connectivity index (χ4v) is 4.77. The van der Waals surface area contributed by atoms with E-state index in [0.717, 1.165) is 12.0 Å². The van der Waals surface area contributed by atoms with Gasteiger partial charge in [0, 0.05) is 19.1 Å². The summed E-state index contributed by atoms with van der Waals surface area (Å²) in [6.07, 6.45) is 11.1. The standard InChI is InChI=1S/C17H32N2O/c1-3-14-12-19(11-7-16(14)18-2)13-15-6-10-17(20-15)8-4-5-9-17/h14-16,18H,3-13H2,1-2H3. The van der Waals surface area contributed by atoms with E-state index in [0.29, 0.717) is 11.7 Å². The Labute approximate surface area is 124 Å². The summed E-state index contributed by atoms with van der Waals surface area (Å²) in [6, 6.07) is 0.724. The smallest absolute Gasteiger partial charge is 0.0710 e. The molecule has 3 nitrogen and oxygen atoms in total. The normalized spacial score (nSPS) is 37.8. The van der Waals surface area contributed by atoms with Crippen LogP contribution in [0.2, 0.25) is 0 Å². The largest absolute Gasteiger partial charge is 0.370 e. The van der Waals surface area contributed by atoms with Crippen LogP contribution in [0.15, 0.2) is 0 Å². The van der Waals surface area contributed by atoms with Crippen LogP contribution in [0.5, 0.6) is 0 Å². The lowest BCUT2D eigenvalue weighted by molar-refractivity contribution is -0.0517. The minimum atomic E-state index is 0.304. The highest BCUT2D eigenvalue weighted by Crippen LogP contribution is 2.43. The van der Waals surface area contributed by atoms with Crippen molar-refractivity contribution in [3.8, 4) is 0 Å². The molecule has 1 aliphatic carbocycles. The van der Waals surface area contributed by atoms with Crippen LogP contribution >= 0.6 is 0 Å². The van der Waals surface area contributed by atoms with Crippen LogP contribution < -0.4 is 5.32 Å². The van der Waals surface area contributed by atoms with Crippen molar-refractivity contribution in [3.05, 3.63) is 0 Å². The van der Waals surface area contributed by atoms with Crippen LogP contribution in [0.25, 0.3) is 0 Å². The van der Waals surface area contributed by atoms with Crippen molar-refractivity contribution < 1.29 is 4.74 Å². The monoisotopic (exact) mass is 280 g/mol. The van der Waals surface area contributed by atoms with Crippen molar-refractivity contribution in [2.75, 3.05) is 26.7 Å². The highest BCUT2D eigenvalue weighted by Gasteiger charge is 2.42. The summed E-state index contributed by atoms with van der Waals surface area (Å²) in [5.74, 6) is 0.815. The second-order valence-corrected chi connectivity index (χ2v) is 7.28. The molecule has 1 spiro atoms. The molecule has 2 saturated heterocycles. The highest BCUT2D eigenvalue weighted by atomic mass is 16.5. The molecule has 20 heavy (non-hydrogen) atoms. The minimum absolute atomic E-state index is 0.304. The second kappa shape index (κ2) is 6.33. The first-order valence-corrected chi connectivity index (χ1v) is 8.82. The van der Waals surface area contributed by atoms with Crippen LogP contribution in [0.1, 0.15) is 58.3 Å². The summed E-state index contributed by atoms with van der Waals surface area (Å²) < 4.78 is 6.48. The lowest BCUT2D eigenvalue weighted by atomic mass is 9.90. The number of hydrogen-bond acceptors (Lipinski definition) is 3. The SMILES string of the molecule is CCC1CN(CC2CCC3(CCCC3)O2)CCC1NC. The average Bonchev–Trinajstić information content (AvgIpc) is 3.09. The Balaban J connectivity index is 1.49. The predicted octanol–water partition coefficient (Wildman–Crippen LogP) is 2.80. The topological polar surface area (TPSA) is 24.5 Å². The van der Waals surface area contributed by atoms with Gasteiger partial charge in [-0.05, 0) is 51.6 Å². The number of ether oxygens (including phenoxy) is 1. The van der Waals surface area contributed by atoms with Gasteiger partial charge in [0.2, 0.25) is 0 Å². The third kappa shape index (κ3) is 3.05. The molecule has 0 aromatic heterocycles. The number of nitrogens with zero attached hydrogens (tertiary/aromatic N) is 1. The van der Waals surface area contributed by atoms with E-state index in [1.165, 1.54) is 71.0 Å². The van der Waals surface area contributed by atoms with Gasteiger partial charge in [-0.15, -0.1) is 0 Å². The number of hydrogen-bond donors (Lipinski definition) is 1. The summed E-state index contributed by atoms with van der Waals surface area (Å²) >= 11 is 0. The van der Waals surface area contributed by atoms with Gasteiger partial charge < -0.3 is 15.0 Å². The molecular weight excluding hydrogens is 248 g/mol. The maximum atomic E-state index is 6.48. The molecule has 1 saturated carbocycles. The minimum Gasteiger partial charge on any atom is -0.370 e. The van der Waals surface area contributed by atoms with E-state index in [1.807, 2.05) is 0 Å². The quantitative estimate of drug-likeness (QED) is 0.857. The Morgan fingerprint density at radius 2 is 2.00 bits per heavy atom. The van der Waals surface area contributed by atoms with Gasteiger partial charge in [0.1, 0.15) is 0 Å². The zero-order valence-electron chi connectivity index (χ0n) is 13.4. The maximum Gasteiger partial charge on any atom is 0.0710 e. The van der Waals surface area contributed by atoms with Crippen molar-refractivity contribution in [2.45, 2.75) is 76.0 Å². The lowest BCUT2D eigenvalue weighted by Gasteiger charge is -2.39. The first-order chi connectivity index (χ1) is 9.74. The van der Waals surface area contributed by atoms with Gasteiger partial charge in [0.05, 0.1) is 11.7 Å². The van der Waals surface area contributed by atoms with E-state index < -0.39 is 0 Å². The van der Waals surface area contributed by atoms with Crippen molar-refractivity contribution in [1.82, 2.24) is 10.2 Å². The number of piperidine rings is 1. The first kappa shape index (κ1) is 14.8. The Morgan fingerprint density at radius 3 is 2.70 bits per heavy atom. The molecule has 3 heteroatoms. The Morgan fingerprint density at radius 1 is 1.20 bits per heavy atom. The van der Waals surface area contributed by atoms with Gasteiger partial charge in [-0.3, -0.25) is 0 Å². The number of likely N-dealkylation sites (tertiary alicyclic amines) is 1. The third-order valence-corrected chi connectivity index (χ3v) is 6.03. The second-order valence-electron chi connectivity index (χ2n) is 7.28. The van der Waals surface area contributed by atoms with Gasteiger partial charge >= 0.3 is 0 Å².